The van der Waals surface area contributed by atoms with E-state index in [0.29, 0.717) is 23.9 Å². The van der Waals surface area contributed by atoms with Crippen LogP contribution < -0.4 is 5.32 Å². The zero-order valence-electron chi connectivity index (χ0n) is 11.9. The first kappa shape index (κ1) is 15.1. The number of benzene rings is 1. The number of carbonyl (C=O) groups is 1. The normalized spacial score (nSPS) is 27.3. The molecule has 0 aromatic heterocycles. The Morgan fingerprint density at radius 1 is 1.36 bits per heavy atom. The zero-order chi connectivity index (χ0) is 15.9. The minimum Gasteiger partial charge on any atom is -0.349 e. The second-order valence-corrected chi connectivity index (χ2v) is 5.96. The van der Waals surface area contributed by atoms with Gasteiger partial charge in [-0.05, 0) is 29.5 Å². The molecule has 1 N–H and O–H groups in total. The summed E-state index contributed by atoms with van der Waals surface area (Å²) in [5.74, 6) is 0.660. The van der Waals surface area contributed by atoms with Gasteiger partial charge in [0.25, 0.3) is 0 Å². The Bertz CT molecular complexity index is 587. The molecule has 1 aromatic rings. The molecule has 2 fully saturated rings. The third kappa shape index (κ3) is 3.02. The first-order valence-corrected chi connectivity index (χ1v) is 7.20. The van der Waals surface area contributed by atoms with E-state index in [9.17, 15) is 18.0 Å². The van der Waals surface area contributed by atoms with E-state index in [-0.39, 0.29) is 11.9 Å². The average Bonchev–Trinajstić information content (AvgIpc) is 2.91. The van der Waals surface area contributed by atoms with Gasteiger partial charge in [0.2, 0.25) is 5.91 Å². The number of piperidine rings is 1. The molecule has 118 valence electrons. The van der Waals surface area contributed by atoms with Crippen molar-refractivity contribution >= 4 is 5.91 Å². The molecule has 22 heavy (non-hydrogen) atoms. The first-order valence-electron chi connectivity index (χ1n) is 7.20. The van der Waals surface area contributed by atoms with Crippen molar-refractivity contribution in [3.63, 3.8) is 0 Å². The summed E-state index contributed by atoms with van der Waals surface area (Å²) in [6.07, 6.45) is -3.04. The SMILES string of the molecule is C=CC(=O)NC1C2CN(Cc3cccc(C(F)(F)F)c3)CC21. The quantitative estimate of drug-likeness (QED) is 0.866. The molecule has 2 unspecified atom stereocenters. The van der Waals surface area contributed by atoms with E-state index in [4.69, 9.17) is 0 Å². The maximum atomic E-state index is 12.7. The summed E-state index contributed by atoms with van der Waals surface area (Å²) < 4.78 is 38.1. The summed E-state index contributed by atoms with van der Waals surface area (Å²) in [7, 11) is 0. The van der Waals surface area contributed by atoms with E-state index < -0.39 is 11.7 Å². The van der Waals surface area contributed by atoms with Gasteiger partial charge in [0, 0.05) is 25.7 Å². The third-order valence-corrected chi connectivity index (χ3v) is 4.42. The molecule has 1 saturated carbocycles. The maximum Gasteiger partial charge on any atom is 0.416 e. The van der Waals surface area contributed by atoms with Gasteiger partial charge < -0.3 is 5.32 Å². The van der Waals surface area contributed by atoms with Crippen molar-refractivity contribution < 1.29 is 18.0 Å². The number of likely N-dealkylation sites (tertiary alicyclic amines) is 1. The largest absolute Gasteiger partial charge is 0.416 e. The second-order valence-electron chi connectivity index (χ2n) is 5.96. The smallest absolute Gasteiger partial charge is 0.349 e. The van der Waals surface area contributed by atoms with Crippen molar-refractivity contribution in [2.75, 3.05) is 13.1 Å². The van der Waals surface area contributed by atoms with Gasteiger partial charge in [0.15, 0.2) is 0 Å². The van der Waals surface area contributed by atoms with E-state index in [2.05, 4.69) is 16.8 Å². The van der Waals surface area contributed by atoms with Crippen LogP contribution in [0.4, 0.5) is 13.2 Å². The predicted octanol–water partition coefficient (Wildman–Crippen LogP) is 2.44. The van der Waals surface area contributed by atoms with Gasteiger partial charge in [-0.3, -0.25) is 9.69 Å². The van der Waals surface area contributed by atoms with Crippen molar-refractivity contribution in [2.24, 2.45) is 11.8 Å². The van der Waals surface area contributed by atoms with Gasteiger partial charge in [-0.15, -0.1) is 0 Å². The minimum absolute atomic E-state index is 0.163. The van der Waals surface area contributed by atoms with Gasteiger partial charge in [-0.2, -0.15) is 13.2 Å². The van der Waals surface area contributed by atoms with Gasteiger partial charge in [-0.1, -0.05) is 24.8 Å². The van der Waals surface area contributed by atoms with Crippen molar-refractivity contribution in [2.45, 2.75) is 18.8 Å². The van der Waals surface area contributed by atoms with Gasteiger partial charge in [-0.25, -0.2) is 0 Å². The molecular formula is C16H17F3N2O. The molecule has 1 aliphatic carbocycles. The number of rotatable bonds is 4. The number of halogens is 3. The highest BCUT2D eigenvalue weighted by molar-refractivity contribution is 5.87. The second kappa shape index (κ2) is 5.43. The summed E-state index contributed by atoms with van der Waals surface area (Å²) in [6.45, 7) is 5.55. The van der Waals surface area contributed by atoms with E-state index in [0.717, 1.165) is 19.2 Å². The topological polar surface area (TPSA) is 32.3 Å². The molecule has 1 saturated heterocycles. The van der Waals surface area contributed by atoms with Crippen molar-refractivity contribution in [1.29, 1.82) is 0 Å². The molecule has 2 aliphatic rings. The van der Waals surface area contributed by atoms with Crippen LogP contribution in [-0.4, -0.2) is 29.9 Å². The van der Waals surface area contributed by atoms with Crippen LogP contribution in [0.5, 0.6) is 0 Å². The van der Waals surface area contributed by atoms with Crippen LogP contribution in [0, 0.1) is 11.8 Å². The Labute approximate surface area is 126 Å². The van der Waals surface area contributed by atoms with Crippen LogP contribution in [0.1, 0.15) is 11.1 Å². The lowest BCUT2D eigenvalue weighted by Gasteiger charge is -2.20. The van der Waals surface area contributed by atoms with Crippen LogP contribution in [-0.2, 0) is 17.5 Å². The Hall–Kier alpha value is -1.82. The van der Waals surface area contributed by atoms with Crippen LogP contribution in [0.2, 0.25) is 0 Å². The summed E-state index contributed by atoms with van der Waals surface area (Å²) in [4.78, 5) is 13.4. The Balaban J connectivity index is 1.55. The highest BCUT2D eigenvalue weighted by Gasteiger charge is 2.56. The van der Waals surface area contributed by atoms with Crippen molar-refractivity contribution in [1.82, 2.24) is 10.2 Å². The van der Waals surface area contributed by atoms with Crippen LogP contribution in [0.3, 0.4) is 0 Å². The molecule has 1 aromatic carbocycles. The molecule has 2 atom stereocenters. The molecule has 1 heterocycles. The monoisotopic (exact) mass is 310 g/mol. The number of alkyl halides is 3. The predicted molar refractivity (Wildman–Crippen MR) is 75.8 cm³/mol. The number of nitrogens with one attached hydrogen (secondary N) is 1. The van der Waals surface area contributed by atoms with E-state index in [1.54, 1.807) is 6.07 Å². The van der Waals surface area contributed by atoms with E-state index in [1.165, 1.54) is 18.2 Å². The zero-order valence-corrected chi connectivity index (χ0v) is 11.9. The average molecular weight is 310 g/mol. The lowest BCUT2D eigenvalue weighted by atomic mass is 10.1. The summed E-state index contributed by atoms with van der Waals surface area (Å²) in [5, 5.41) is 2.89. The van der Waals surface area contributed by atoms with E-state index in [1.807, 2.05) is 0 Å². The molecule has 1 aliphatic heterocycles. The van der Waals surface area contributed by atoms with Crippen LogP contribution in [0.25, 0.3) is 0 Å². The molecule has 6 heteroatoms. The highest BCUT2D eigenvalue weighted by Crippen LogP contribution is 2.45. The number of fused-ring (bicyclic) bond motifs is 1. The number of amides is 1. The van der Waals surface area contributed by atoms with E-state index >= 15 is 0 Å². The van der Waals surface area contributed by atoms with Gasteiger partial charge in [0.05, 0.1) is 5.56 Å². The first-order chi connectivity index (χ1) is 10.4. The number of carbonyl (C=O) groups excluding carboxylic acids is 1. The lowest BCUT2D eigenvalue weighted by molar-refractivity contribution is -0.137. The molecule has 0 spiro atoms. The standard InChI is InChI=1S/C16H17F3N2O/c1-2-14(22)20-15-12-8-21(9-13(12)15)7-10-4-3-5-11(6-10)16(17,18)19/h2-6,12-13,15H,1,7-9H2,(H,20,22). The Morgan fingerprint density at radius 3 is 2.64 bits per heavy atom. The fraction of sp³-hybridized carbons (Fsp3) is 0.438. The van der Waals surface area contributed by atoms with Crippen molar-refractivity contribution in [3.05, 3.63) is 48.0 Å². The number of hydrogen-bond acceptors (Lipinski definition) is 2. The molecule has 0 bridgehead atoms. The van der Waals surface area contributed by atoms with Gasteiger partial charge in [0.1, 0.15) is 0 Å². The summed E-state index contributed by atoms with van der Waals surface area (Å²) >= 11 is 0. The van der Waals surface area contributed by atoms with Crippen molar-refractivity contribution in [3.8, 4) is 0 Å². The summed E-state index contributed by atoms with van der Waals surface area (Å²) in [6, 6.07) is 5.66. The lowest BCUT2D eigenvalue weighted by Crippen LogP contribution is -2.33. The van der Waals surface area contributed by atoms with Crippen LogP contribution >= 0.6 is 0 Å². The molecule has 3 nitrogen and oxygen atoms in total. The van der Waals surface area contributed by atoms with Crippen LogP contribution in [0.15, 0.2) is 36.9 Å². The maximum absolute atomic E-state index is 12.7. The fourth-order valence-electron chi connectivity index (χ4n) is 3.28. The molecular weight excluding hydrogens is 293 g/mol. The summed E-state index contributed by atoms with van der Waals surface area (Å²) in [5.41, 5.74) is 0.0632. The third-order valence-electron chi connectivity index (χ3n) is 4.42. The Morgan fingerprint density at radius 2 is 2.05 bits per heavy atom. The number of nitrogens with zero attached hydrogens (tertiary/aromatic N) is 1. The highest BCUT2D eigenvalue weighted by atomic mass is 19.4. The fourth-order valence-corrected chi connectivity index (χ4v) is 3.28. The Kier molecular flexibility index (Phi) is 3.72. The van der Waals surface area contributed by atoms with Gasteiger partial charge >= 0.3 is 6.18 Å². The molecule has 1 amide bonds. The number of hydrogen-bond donors (Lipinski definition) is 1. The molecule has 3 rings (SSSR count). The minimum atomic E-state index is -4.30. The molecule has 0 radical (unpaired) electrons.